The highest BCUT2D eigenvalue weighted by Gasteiger charge is 2.00. The summed E-state index contributed by atoms with van der Waals surface area (Å²) >= 11 is 6.01. The third-order valence-corrected chi connectivity index (χ3v) is 2.50. The second kappa shape index (κ2) is 7.10. The molecule has 3 nitrogen and oxygen atoms in total. The van der Waals surface area contributed by atoms with E-state index >= 15 is 0 Å². The van der Waals surface area contributed by atoms with Crippen LogP contribution in [0.1, 0.15) is 18.4 Å². The maximum atomic E-state index is 8.68. The average Bonchev–Trinajstić information content (AvgIpc) is 2.30. The van der Waals surface area contributed by atoms with Crippen LogP contribution in [-0.4, -0.2) is 20.3 Å². The minimum absolute atomic E-state index is 0.579. The summed E-state index contributed by atoms with van der Waals surface area (Å²) in [7, 11) is 1.70. The number of benzene rings is 1. The standard InChI is InChI=1S/C12H15ClN2O/c1-16-7-3-2-6-15-12-5-4-10(9-14)8-11(12)13/h4-5,8,15H,2-3,6-7H2,1H3. The second-order valence-electron chi connectivity index (χ2n) is 3.43. The van der Waals surface area contributed by atoms with Crippen LogP contribution in [-0.2, 0) is 4.74 Å². The fourth-order valence-corrected chi connectivity index (χ4v) is 1.57. The molecule has 0 spiro atoms. The Labute approximate surface area is 101 Å². The minimum atomic E-state index is 0.579. The largest absolute Gasteiger partial charge is 0.385 e. The molecular formula is C12H15ClN2O. The van der Waals surface area contributed by atoms with Gasteiger partial charge in [-0.3, -0.25) is 0 Å². The molecule has 1 aromatic rings. The van der Waals surface area contributed by atoms with Crippen molar-refractivity contribution in [1.82, 2.24) is 0 Å². The van der Waals surface area contributed by atoms with E-state index in [9.17, 15) is 0 Å². The Kier molecular flexibility index (Phi) is 5.69. The Balaban J connectivity index is 2.40. The van der Waals surface area contributed by atoms with E-state index in [0.29, 0.717) is 10.6 Å². The van der Waals surface area contributed by atoms with E-state index in [1.54, 1.807) is 19.2 Å². The van der Waals surface area contributed by atoms with Crippen molar-refractivity contribution in [2.75, 3.05) is 25.6 Å². The highest BCUT2D eigenvalue weighted by molar-refractivity contribution is 6.33. The predicted molar refractivity (Wildman–Crippen MR) is 65.8 cm³/mol. The molecule has 16 heavy (non-hydrogen) atoms. The monoisotopic (exact) mass is 238 g/mol. The van der Waals surface area contributed by atoms with Gasteiger partial charge in [0.1, 0.15) is 0 Å². The molecule has 0 amide bonds. The van der Waals surface area contributed by atoms with Gasteiger partial charge in [0.25, 0.3) is 0 Å². The summed E-state index contributed by atoms with van der Waals surface area (Å²) in [6.07, 6.45) is 2.06. The van der Waals surface area contributed by atoms with Crippen LogP contribution >= 0.6 is 11.6 Å². The fraction of sp³-hybridized carbons (Fsp3) is 0.417. The molecule has 86 valence electrons. The smallest absolute Gasteiger partial charge is 0.0992 e. The molecule has 0 aliphatic heterocycles. The molecule has 0 saturated heterocycles. The van der Waals surface area contributed by atoms with Crippen molar-refractivity contribution in [3.8, 4) is 6.07 Å². The first-order chi connectivity index (χ1) is 7.77. The zero-order valence-corrected chi connectivity index (χ0v) is 10.0. The maximum absolute atomic E-state index is 8.68. The van der Waals surface area contributed by atoms with Gasteiger partial charge in [0.2, 0.25) is 0 Å². The lowest BCUT2D eigenvalue weighted by atomic mass is 10.2. The molecular weight excluding hydrogens is 224 g/mol. The van der Waals surface area contributed by atoms with Crippen molar-refractivity contribution < 1.29 is 4.74 Å². The van der Waals surface area contributed by atoms with Crippen LogP contribution in [0.15, 0.2) is 18.2 Å². The van der Waals surface area contributed by atoms with E-state index < -0.39 is 0 Å². The van der Waals surface area contributed by atoms with Crippen LogP contribution in [0.5, 0.6) is 0 Å². The number of ether oxygens (including phenoxy) is 1. The number of nitriles is 1. The minimum Gasteiger partial charge on any atom is -0.385 e. The molecule has 0 radical (unpaired) electrons. The molecule has 1 aromatic carbocycles. The topological polar surface area (TPSA) is 45.0 Å². The van der Waals surface area contributed by atoms with Crippen molar-refractivity contribution in [1.29, 1.82) is 5.26 Å². The average molecular weight is 239 g/mol. The summed E-state index contributed by atoms with van der Waals surface area (Å²) in [4.78, 5) is 0. The number of nitrogens with zero attached hydrogens (tertiary/aromatic N) is 1. The first-order valence-corrected chi connectivity index (χ1v) is 5.58. The molecule has 0 aliphatic carbocycles. The van der Waals surface area contributed by atoms with Crippen molar-refractivity contribution in [3.05, 3.63) is 28.8 Å². The number of methoxy groups -OCH3 is 1. The highest BCUT2D eigenvalue weighted by atomic mass is 35.5. The van der Waals surface area contributed by atoms with E-state index in [0.717, 1.165) is 31.7 Å². The molecule has 0 fully saturated rings. The fourth-order valence-electron chi connectivity index (χ4n) is 1.32. The molecule has 0 heterocycles. The third-order valence-electron chi connectivity index (χ3n) is 2.19. The van der Waals surface area contributed by atoms with Gasteiger partial charge in [0.05, 0.1) is 22.3 Å². The molecule has 0 bridgehead atoms. The predicted octanol–water partition coefficient (Wildman–Crippen LogP) is 3.05. The molecule has 0 atom stereocenters. The Bertz CT molecular complexity index is 374. The van der Waals surface area contributed by atoms with Gasteiger partial charge >= 0.3 is 0 Å². The Morgan fingerprint density at radius 2 is 2.25 bits per heavy atom. The molecule has 0 aliphatic rings. The number of nitrogens with one attached hydrogen (secondary N) is 1. The van der Waals surface area contributed by atoms with Crippen molar-refractivity contribution in [2.45, 2.75) is 12.8 Å². The summed E-state index contributed by atoms with van der Waals surface area (Å²) in [5.41, 5.74) is 1.45. The third kappa shape index (κ3) is 4.09. The van der Waals surface area contributed by atoms with Gasteiger partial charge in [-0.05, 0) is 31.0 Å². The summed E-state index contributed by atoms with van der Waals surface area (Å²) in [5, 5.41) is 12.5. The Morgan fingerprint density at radius 1 is 1.44 bits per heavy atom. The SMILES string of the molecule is COCCCCNc1ccc(C#N)cc1Cl. The van der Waals surface area contributed by atoms with Crippen LogP contribution in [0.3, 0.4) is 0 Å². The van der Waals surface area contributed by atoms with Crippen LogP contribution in [0, 0.1) is 11.3 Å². The van der Waals surface area contributed by atoms with Crippen LogP contribution in [0.4, 0.5) is 5.69 Å². The lowest BCUT2D eigenvalue weighted by Crippen LogP contribution is -2.03. The lowest BCUT2D eigenvalue weighted by Gasteiger charge is -2.08. The molecule has 0 aromatic heterocycles. The van der Waals surface area contributed by atoms with E-state index in [1.807, 2.05) is 6.07 Å². The first-order valence-electron chi connectivity index (χ1n) is 5.20. The number of halogens is 1. The number of hydrogen-bond acceptors (Lipinski definition) is 3. The van der Waals surface area contributed by atoms with Crippen LogP contribution in [0.25, 0.3) is 0 Å². The van der Waals surface area contributed by atoms with Crippen molar-refractivity contribution in [2.24, 2.45) is 0 Å². The van der Waals surface area contributed by atoms with Crippen LogP contribution < -0.4 is 5.32 Å². The summed E-state index contributed by atoms with van der Waals surface area (Å²) in [5.74, 6) is 0. The zero-order chi connectivity index (χ0) is 11.8. The van der Waals surface area contributed by atoms with Gasteiger partial charge < -0.3 is 10.1 Å². The molecule has 0 unspecified atom stereocenters. The second-order valence-corrected chi connectivity index (χ2v) is 3.84. The Hall–Kier alpha value is -1.24. The van der Waals surface area contributed by atoms with Gasteiger partial charge in [-0.25, -0.2) is 0 Å². The normalized spacial score (nSPS) is 9.81. The van der Waals surface area contributed by atoms with Crippen molar-refractivity contribution in [3.63, 3.8) is 0 Å². The number of rotatable bonds is 6. The molecule has 1 N–H and O–H groups in total. The van der Waals surface area contributed by atoms with E-state index in [-0.39, 0.29) is 0 Å². The number of anilines is 1. The Morgan fingerprint density at radius 3 is 2.88 bits per heavy atom. The van der Waals surface area contributed by atoms with Gasteiger partial charge in [-0.1, -0.05) is 11.6 Å². The number of hydrogen-bond donors (Lipinski definition) is 1. The molecule has 0 saturated carbocycles. The van der Waals surface area contributed by atoms with Crippen LogP contribution in [0.2, 0.25) is 5.02 Å². The first kappa shape index (κ1) is 12.8. The lowest BCUT2D eigenvalue weighted by molar-refractivity contribution is 0.194. The van der Waals surface area contributed by atoms with E-state index in [4.69, 9.17) is 21.6 Å². The highest BCUT2D eigenvalue weighted by Crippen LogP contribution is 2.22. The van der Waals surface area contributed by atoms with E-state index in [2.05, 4.69) is 11.4 Å². The van der Waals surface area contributed by atoms with Gasteiger partial charge in [-0.15, -0.1) is 0 Å². The molecule has 4 heteroatoms. The van der Waals surface area contributed by atoms with Gasteiger partial charge in [-0.2, -0.15) is 5.26 Å². The zero-order valence-electron chi connectivity index (χ0n) is 9.29. The molecule has 1 rings (SSSR count). The van der Waals surface area contributed by atoms with E-state index in [1.165, 1.54) is 0 Å². The quantitative estimate of drug-likeness (QED) is 0.775. The van der Waals surface area contributed by atoms with Crippen molar-refractivity contribution >= 4 is 17.3 Å². The maximum Gasteiger partial charge on any atom is 0.0992 e. The van der Waals surface area contributed by atoms with Gasteiger partial charge in [0.15, 0.2) is 0 Å². The summed E-state index contributed by atoms with van der Waals surface area (Å²) in [6, 6.07) is 7.30. The summed E-state index contributed by atoms with van der Waals surface area (Å²) in [6.45, 7) is 1.64. The number of unbranched alkanes of at least 4 members (excludes halogenated alkanes) is 1. The van der Waals surface area contributed by atoms with Gasteiger partial charge in [0, 0.05) is 20.3 Å². The summed E-state index contributed by atoms with van der Waals surface area (Å²) < 4.78 is 4.96.